The van der Waals surface area contributed by atoms with Crippen LogP contribution in [-0.4, -0.2) is 41.0 Å². The van der Waals surface area contributed by atoms with Gasteiger partial charge in [-0.25, -0.2) is 18.4 Å². The Kier molecular flexibility index (Phi) is 3.00. The molecule has 2 aromatic heterocycles. The van der Waals surface area contributed by atoms with Crippen LogP contribution >= 0.6 is 0 Å². The Morgan fingerprint density at radius 1 is 1.33 bits per heavy atom. The van der Waals surface area contributed by atoms with Crippen LogP contribution in [0.25, 0.3) is 11.2 Å². The van der Waals surface area contributed by atoms with Crippen LogP contribution in [0.2, 0.25) is 0 Å². The Bertz CT molecular complexity index is 777. The Labute approximate surface area is 123 Å². The number of rotatable bonds is 2. The molecule has 112 valence electrons. The summed E-state index contributed by atoms with van der Waals surface area (Å²) in [6.07, 6.45) is 4.58. The molecular weight excluding hydrogens is 288 g/mol. The van der Waals surface area contributed by atoms with Gasteiger partial charge in [0.1, 0.15) is 11.3 Å². The highest BCUT2D eigenvalue weighted by Gasteiger charge is 2.34. The van der Waals surface area contributed by atoms with Gasteiger partial charge in [-0.05, 0) is 37.9 Å². The second-order valence-corrected chi connectivity index (χ2v) is 8.12. The van der Waals surface area contributed by atoms with Crippen molar-refractivity contribution in [1.29, 1.82) is 0 Å². The maximum atomic E-state index is 11.8. The monoisotopic (exact) mass is 306 g/mol. The molecule has 0 saturated carbocycles. The number of sulfone groups is 1. The normalized spacial score (nSPS) is 28.4. The number of nitrogens with zero attached hydrogens (tertiary/aromatic N) is 3. The number of fused-ring (bicyclic) bond motifs is 1. The van der Waals surface area contributed by atoms with Crippen LogP contribution in [0.4, 0.5) is 0 Å². The molecule has 0 amide bonds. The van der Waals surface area contributed by atoms with Gasteiger partial charge in [0.15, 0.2) is 15.5 Å². The second kappa shape index (κ2) is 4.78. The zero-order valence-electron chi connectivity index (χ0n) is 11.7. The number of nitrogens with one attached hydrogen (secondary N) is 1. The minimum atomic E-state index is -2.93. The Morgan fingerprint density at radius 3 is 2.95 bits per heavy atom. The van der Waals surface area contributed by atoms with Crippen molar-refractivity contribution < 1.29 is 8.42 Å². The van der Waals surface area contributed by atoms with Crippen LogP contribution in [0.5, 0.6) is 0 Å². The van der Waals surface area contributed by atoms with E-state index in [4.69, 9.17) is 4.98 Å². The first-order valence-electron chi connectivity index (χ1n) is 7.41. The van der Waals surface area contributed by atoms with E-state index < -0.39 is 9.84 Å². The van der Waals surface area contributed by atoms with Crippen molar-refractivity contribution in [2.75, 3.05) is 18.1 Å². The van der Waals surface area contributed by atoms with Gasteiger partial charge in [-0.3, -0.25) is 0 Å². The van der Waals surface area contributed by atoms with E-state index >= 15 is 0 Å². The van der Waals surface area contributed by atoms with Gasteiger partial charge in [0.05, 0.1) is 23.6 Å². The van der Waals surface area contributed by atoms with Crippen molar-refractivity contribution in [3.8, 4) is 0 Å². The fourth-order valence-electron chi connectivity index (χ4n) is 3.44. The first-order valence-corrected chi connectivity index (χ1v) is 9.23. The van der Waals surface area contributed by atoms with Crippen LogP contribution in [0.1, 0.15) is 37.2 Å². The highest BCUT2D eigenvalue weighted by molar-refractivity contribution is 7.91. The zero-order valence-corrected chi connectivity index (χ0v) is 12.5. The third kappa shape index (κ3) is 2.24. The third-order valence-corrected chi connectivity index (χ3v) is 6.17. The van der Waals surface area contributed by atoms with Gasteiger partial charge in [0.25, 0.3) is 0 Å². The van der Waals surface area contributed by atoms with Gasteiger partial charge in [0.2, 0.25) is 0 Å². The Balaban J connectivity index is 1.86. The highest BCUT2D eigenvalue weighted by Crippen LogP contribution is 2.33. The molecular formula is C14H18N4O2S. The smallest absolute Gasteiger partial charge is 0.160 e. The van der Waals surface area contributed by atoms with Crippen molar-refractivity contribution in [3.05, 3.63) is 24.2 Å². The van der Waals surface area contributed by atoms with E-state index in [0.29, 0.717) is 6.42 Å². The molecule has 2 aliphatic heterocycles. The maximum Gasteiger partial charge on any atom is 0.160 e. The first kappa shape index (κ1) is 13.2. The molecule has 0 spiro atoms. The van der Waals surface area contributed by atoms with E-state index in [-0.39, 0.29) is 23.6 Å². The van der Waals surface area contributed by atoms with Gasteiger partial charge in [-0.15, -0.1) is 0 Å². The quantitative estimate of drug-likeness (QED) is 0.902. The first-order chi connectivity index (χ1) is 10.1. The van der Waals surface area contributed by atoms with Gasteiger partial charge >= 0.3 is 0 Å². The molecule has 7 heteroatoms. The summed E-state index contributed by atoms with van der Waals surface area (Å²) in [6.45, 7) is 0.990. The number of aromatic nitrogens is 3. The lowest BCUT2D eigenvalue weighted by molar-refractivity contribution is 0.495. The Hall–Kier alpha value is -1.47. The van der Waals surface area contributed by atoms with Crippen LogP contribution in [0.15, 0.2) is 18.3 Å². The standard InChI is InChI=1S/C14H18N4O2S/c19-21(20)8-5-10(9-21)18-13-12(4-2-7-16-13)17-14(18)11-3-1-6-15-11/h2,4,7,10-11,15H,1,3,5-6,8-9H2. The fourth-order valence-corrected chi connectivity index (χ4v) is 5.14. The van der Waals surface area contributed by atoms with E-state index in [2.05, 4.69) is 14.9 Å². The fraction of sp³-hybridized carbons (Fsp3) is 0.571. The molecule has 0 aromatic carbocycles. The van der Waals surface area contributed by atoms with Crippen LogP contribution in [-0.2, 0) is 9.84 Å². The third-order valence-electron chi connectivity index (χ3n) is 4.42. The predicted octanol–water partition coefficient (Wildman–Crippen LogP) is 1.22. The van der Waals surface area contributed by atoms with E-state index in [0.717, 1.165) is 36.4 Å². The summed E-state index contributed by atoms with van der Waals surface area (Å²) in [6, 6.07) is 3.99. The summed E-state index contributed by atoms with van der Waals surface area (Å²) in [5.74, 6) is 1.42. The van der Waals surface area contributed by atoms with E-state index in [9.17, 15) is 8.42 Å². The largest absolute Gasteiger partial charge is 0.307 e. The van der Waals surface area contributed by atoms with Crippen molar-refractivity contribution in [3.63, 3.8) is 0 Å². The molecule has 1 N–H and O–H groups in total. The lowest BCUT2D eigenvalue weighted by atomic mass is 10.2. The van der Waals surface area contributed by atoms with E-state index in [1.165, 1.54) is 0 Å². The zero-order chi connectivity index (χ0) is 14.4. The summed E-state index contributed by atoms with van der Waals surface area (Å²) >= 11 is 0. The number of hydrogen-bond acceptors (Lipinski definition) is 5. The van der Waals surface area contributed by atoms with Crippen molar-refractivity contribution >= 4 is 21.0 Å². The van der Waals surface area contributed by atoms with Gasteiger partial charge in [0, 0.05) is 6.20 Å². The minimum Gasteiger partial charge on any atom is -0.307 e. The number of pyridine rings is 1. The molecule has 0 bridgehead atoms. The molecule has 2 aromatic rings. The van der Waals surface area contributed by atoms with Crippen molar-refractivity contribution in [1.82, 2.24) is 19.9 Å². The van der Waals surface area contributed by atoms with Gasteiger partial charge < -0.3 is 9.88 Å². The van der Waals surface area contributed by atoms with E-state index in [1.54, 1.807) is 6.20 Å². The highest BCUT2D eigenvalue weighted by atomic mass is 32.2. The average molecular weight is 306 g/mol. The summed E-state index contributed by atoms with van der Waals surface area (Å²) < 4.78 is 25.7. The molecule has 4 heterocycles. The summed E-state index contributed by atoms with van der Waals surface area (Å²) in [5, 5.41) is 3.46. The van der Waals surface area contributed by atoms with Gasteiger partial charge in [-0.2, -0.15) is 0 Å². The molecule has 0 radical (unpaired) electrons. The molecule has 2 aliphatic rings. The molecule has 2 atom stereocenters. The topological polar surface area (TPSA) is 76.9 Å². The van der Waals surface area contributed by atoms with Crippen LogP contribution < -0.4 is 5.32 Å². The predicted molar refractivity (Wildman–Crippen MR) is 79.8 cm³/mol. The maximum absolute atomic E-state index is 11.8. The van der Waals surface area contributed by atoms with Crippen LogP contribution in [0, 0.1) is 0 Å². The molecule has 6 nitrogen and oxygen atoms in total. The lowest BCUT2D eigenvalue weighted by Crippen LogP contribution is -2.21. The molecule has 2 unspecified atom stereocenters. The summed E-state index contributed by atoms with van der Waals surface area (Å²) in [7, 11) is -2.93. The van der Waals surface area contributed by atoms with Gasteiger partial charge in [-0.1, -0.05) is 0 Å². The SMILES string of the molecule is O=S1(=O)CCC(n2c(C3CCCN3)nc3cccnc32)C1. The molecule has 2 fully saturated rings. The number of hydrogen-bond donors (Lipinski definition) is 1. The number of imidazole rings is 1. The van der Waals surface area contributed by atoms with Crippen LogP contribution in [0.3, 0.4) is 0 Å². The molecule has 2 saturated heterocycles. The lowest BCUT2D eigenvalue weighted by Gasteiger charge is -2.18. The average Bonchev–Trinajstić information content (AvgIpc) is 3.15. The van der Waals surface area contributed by atoms with Crippen molar-refractivity contribution in [2.24, 2.45) is 0 Å². The summed E-state index contributed by atoms with van der Waals surface area (Å²) in [5.41, 5.74) is 1.66. The molecule has 21 heavy (non-hydrogen) atoms. The summed E-state index contributed by atoms with van der Waals surface area (Å²) in [4.78, 5) is 9.17. The molecule has 4 rings (SSSR count). The Morgan fingerprint density at radius 2 is 2.24 bits per heavy atom. The minimum absolute atomic E-state index is 0.0349. The van der Waals surface area contributed by atoms with Crippen molar-refractivity contribution in [2.45, 2.75) is 31.3 Å². The van der Waals surface area contributed by atoms with E-state index in [1.807, 2.05) is 12.1 Å². The molecule has 0 aliphatic carbocycles. The second-order valence-electron chi connectivity index (χ2n) is 5.89.